The molecule has 1 heterocycles. The standard InChI is InChI=1S/C24H27N3O7/c1-15(16-7-5-4-6-8-16)25-21(28)14-34-24(31)18-12-22(29)27(13-18)26-23(30)17-9-10-19(32-2)20(11-17)33-3/h4-11,15,18H,12-14H2,1-3H3,(H,25,28)(H,26,30)/t15-,18-/m1/s1. The van der Waals surface area contributed by atoms with Gasteiger partial charge in [-0.15, -0.1) is 0 Å². The van der Waals surface area contributed by atoms with Crippen LogP contribution in [0.4, 0.5) is 0 Å². The molecule has 1 aliphatic heterocycles. The Balaban J connectivity index is 1.49. The van der Waals surface area contributed by atoms with E-state index in [0.717, 1.165) is 10.6 Å². The molecule has 3 amide bonds. The first-order valence-corrected chi connectivity index (χ1v) is 10.7. The fourth-order valence-electron chi connectivity index (χ4n) is 3.50. The number of rotatable bonds is 9. The number of carbonyl (C=O) groups excluding carboxylic acids is 4. The number of nitrogens with one attached hydrogen (secondary N) is 2. The SMILES string of the molecule is COc1ccc(C(=O)NN2C[C@H](C(=O)OCC(=O)N[C@H](C)c3ccccc3)CC2=O)cc1OC. The monoisotopic (exact) mass is 469 g/mol. The molecule has 0 radical (unpaired) electrons. The van der Waals surface area contributed by atoms with Gasteiger partial charge in [0.05, 0.1) is 32.7 Å². The molecule has 1 fully saturated rings. The summed E-state index contributed by atoms with van der Waals surface area (Å²) in [5, 5.41) is 3.82. The molecule has 0 aliphatic carbocycles. The lowest BCUT2D eigenvalue weighted by Crippen LogP contribution is -2.43. The molecule has 2 aromatic carbocycles. The lowest BCUT2D eigenvalue weighted by Gasteiger charge is -2.18. The molecule has 1 saturated heterocycles. The van der Waals surface area contributed by atoms with E-state index in [2.05, 4.69) is 10.7 Å². The Labute approximate surface area is 197 Å². The summed E-state index contributed by atoms with van der Waals surface area (Å²) in [6, 6.07) is 13.7. The summed E-state index contributed by atoms with van der Waals surface area (Å²) in [4.78, 5) is 49.4. The van der Waals surface area contributed by atoms with E-state index in [-0.39, 0.29) is 24.6 Å². The molecule has 2 atom stereocenters. The van der Waals surface area contributed by atoms with E-state index in [9.17, 15) is 19.2 Å². The second kappa shape index (κ2) is 11.2. The lowest BCUT2D eigenvalue weighted by atomic mass is 10.1. The van der Waals surface area contributed by atoms with Crippen LogP contribution in [-0.4, -0.2) is 56.1 Å². The Morgan fingerprint density at radius 3 is 2.44 bits per heavy atom. The Morgan fingerprint density at radius 2 is 1.76 bits per heavy atom. The van der Waals surface area contributed by atoms with Crippen molar-refractivity contribution in [2.45, 2.75) is 19.4 Å². The Morgan fingerprint density at radius 1 is 1.06 bits per heavy atom. The minimum absolute atomic E-state index is 0.0568. The number of hydrazine groups is 1. The fraction of sp³-hybridized carbons (Fsp3) is 0.333. The van der Waals surface area contributed by atoms with Gasteiger partial charge in [-0.1, -0.05) is 30.3 Å². The second-order valence-electron chi connectivity index (χ2n) is 7.72. The average Bonchev–Trinajstić information content (AvgIpc) is 3.22. The quantitative estimate of drug-likeness (QED) is 0.535. The maximum absolute atomic E-state index is 12.6. The van der Waals surface area contributed by atoms with Crippen LogP contribution in [0.15, 0.2) is 48.5 Å². The second-order valence-corrected chi connectivity index (χ2v) is 7.72. The van der Waals surface area contributed by atoms with Gasteiger partial charge in [-0.25, -0.2) is 0 Å². The van der Waals surface area contributed by atoms with Crippen LogP contribution in [0.25, 0.3) is 0 Å². The van der Waals surface area contributed by atoms with Crippen molar-refractivity contribution in [2.24, 2.45) is 5.92 Å². The maximum atomic E-state index is 12.6. The van der Waals surface area contributed by atoms with Gasteiger partial charge in [-0.05, 0) is 30.7 Å². The minimum atomic E-state index is -0.794. The topological polar surface area (TPSA) is 123 Å². The number of methoxy groups -OCH3 is 2. The predicted octanol–water partition coefficient (Wildman–Crippen LogP) is 1.62. The molecule has 0 bridgehead atoms. The third-order valence-electron chi connectivity index (χ3n) is 5.36. The molecule has 1 aliphatic rings. The molecular weight excluding hydrogens is 442 g/mol. The van der Waals surface area contributed by atoms with E-state index >= 15 is 0 Å². The van der Waals surface area contributed by atoms with Gasteiger partial charge in [0.2, 0.25) is 5.91 Å². The lowest BCUT2D eigenvalue weighted by molar-refractivity contribution is -0.152. The fourth-order valence-corrected chi connectivity index (χ4v) is 3.50. The molecule has 34 heavy (non-hydrogen) atoms. The summed E-state index contributed by atoms with van der Waals surface area (Å²) in [6.07, 6.45) is -0.132. The molecule has 0 spiro atoms. The van der Waals surface area contributed by atoms with E-state index < -0.39 is 36.2 Å². The number of amides is 3. The zero-order chi connectivity index (χ0) is 24.7. The molecule has 10 nitrogen and oxygen atoms in total. The number of hydrogen-bond acceptors (Lipinski definition) is 7. The number of carbonyl (C=O) groups is 4. The molecule has 10 heteroatoms. The maximum Gasteiger partial charge on any atom is 0.311 e. The Hall–Kier alpha value is -4.08. The van der Waals surface area contributed by atoms with E-state index in [1.807, 2.05) is 37.3 Å². The van der Waals surface area contributed by atoms with Crippen LogP contribution in [0.3, 0.4) is 0 Å². The van der Waals surface area contributed by atoms with E-state index in [0.29, 0.717) is 11.5 Å². The number of nitrogens with zero attached hydrogens (tertiary/aromatic N) is 1. The van der Waals surface area contributed by atoms with Crippen molar-refractivity contribution in [2.75, 3.05) is 27.4 Å². The zero-order valence-corrected chi connectivity index (χ0v) is 19.2. The number of hydrogen-bond donors (Lipinski definition) is 2. The van der Waals surface area contributed by atoms with Crippen LogP contribution in [-0.2, 0) is 19.1 Å². The Kier molecular flexibility index (Phi) is 8.07. The van der Waals surface area contributed by atoms with Crippen molar-refractivity contribution in [3.63, 3.8) is 0 Å². The molecule has 0 aromatic heterocycles. The highest BCUT2D eigenvalue weighted by atomic mass is 16.5. The van der Waals surface area contributed by atoms with Crippen molar-refractivity contribution in [1.82, 2.24) is 15.8 Å². The van der Waals surface area contributed by atoms with Crippen molar-refractivity contribution in [1.29, 1.82) is 0 Å². The van der Waals surface area contributed by atoms with Crippen LogP contribution in [0, 0.1) is 5.92 Å². The highest BCUT2D eigenvalue weighted by Gasteiger charge is 2.37. The summed E-state index contributed by atoms with van der Waals surface area (Å²) in [6.45, 7) is 1.31. The predicted molar refractivity (Wildman–Crippen MR) is 121 cm³/mol. The Bertz CT molecular complexity index is 1060. The molecule has 0 saturated carbocycles. The first-order chi connectivity index (χ1) is 16.3. The molecule has 3 rings (SSSR count). The third-order valence-corrected chi connectivity index (χ3v) is 5.36. The largest absolute Gasteiger partial charge is 0.493 e. The first kappa shape index (κ1) is 24.6. The molecule has 0 unspecified atom stereocenters. The van der Waals surface area contributed by atoms with Crippen LogP contribution >= 0.6 is 0 Å². The summed E-state index contributed by atoms with van der Waals surface area (Å²) >= 11 is 0. The smallest absolute Gasteiger partial charge is 0.311 e. The molecule has 2 aromatic rings. The highest BCUT2D eigenvalue weighted by molar-refractivity contribution is 5.97. The first-order valence-electron chi connectivity index (χ1n) is 10.7. The normalized spacial score (nSPS) is 15.9. The van der Waals surface area contributed by atoms with Crippen molar-refractivity contribution in [3.8, 4) is 11.5 Å². The van der Waals surface area contributed by atoms with Crippen LogP contribution < -0.4 is 20.2 Å². The van der Waals surface area contributed by atoms with Gasteiger partial charge in [0.25, 0.3) is 11.8 Å². The van der Waals surface area contributed by atoms with E-state index in [4.69, 9.17) is 14.2 Å². The summed E-state index contributed by atoms with van der Waals surface area (Å²) in [5.41, 5.74) is 3.66. The third kappa shape index (κ3) is 6.03. The summed E-state index contributed by atoms with van der Waals surface area (Å²) in [7, 11) is 2.93. The van der Waals surface area contributed by atoms with Crippen molar-refractivity contribution >= 4 is 23.7 Å². The number of ether oxygens (including phenoxy) is 3. The van der Waals surface area contributed by atoms with E-state index in [1.165, 1.54) is 26.4 Å². The molecular formula is C24H27N3O7. The number of benzene rings is 2. The van der Waals surface area contributed by atoms with Gasteiger partial charge in [0, 0.05) is 12.0 Å². The van der Waals surface area contributed by atoms with Gasteiger partial charge < -0.3 is 19.5 Å². The van der Waals surface area contributed by atoms with Gasteiger partial charge in [0.15, 0.2) is 18.1 Å². The van der Waals surface area contributed by atoms with Crippen LogP contribution in [0.2, 0.25) is 0 Å². The number of esters is 1. The van der Waals surface area contributed by atoms with Gasteiger partial charge >= 0.3 is 5.97 Å². The van der Waals surface area contributed by atoms with E-state index in [1.54, 1.807) is 6.07 Å². The van der Waals surface area contributed by atoms with Gasteiger partial charge in [-0.2, -0.15) is 0 Å². The summed E-state index contributed by atoms with van der Waals surface area (Å²) < 4.78 is 15.4. The highest BCUT2D eigenvalue weighted by Crippen LogP contribution is 2.27. The van der Waals surface area contributed by atoms with Crippen molar-refractivity contribution in [3.05, 3.63) is 59.7 Å². The van der Waals surface area contributed by atoms with Gasteiger partial charge in [0.1, 0.15) is 0 Å². The minimum Gasteiger partial charge on any atom is -0.493 e. The summed E-state index contributed by atoms with van der Waals surface area (Å²) in [5.74, 6) is -2.08. The van der Waals surface area contributed by atoms with Crippen molar-refractivity contribution < 1.29 is 33.4 Å². The average molecular weight is 469 g/mol. The van der Waals surface area contributed by atoms with Crippen LogP contribution in [0.1, 0.15) is 35.3 Å². The zero-order valence-electron chi connectivity index (χ0n) is 19.2. The van der Waals surface area contributed by atoms with Gasteiger partial charge in [-0.3, -0.25) is 29.6 Å². The molecule has 2 N–H and O–H groups in total. The van der Waals surface area contributed by atoms with Crippen LogP contribution in [0.5, 0.6) is 11.5 Å². The molecule has 180 valence electrons.